The monoisotopic (exact) mass is 1310 g/mol. The number of nitrogens with one attached hydrogen (secondary N) is 8. The Morgan fingerprint density at radius 1 is 0.426 bits per heavy atom. The quantitative estimate of drug-likeness (QED) is 0.0299. The summed E-state index contributed by atoms with van der Waals surface area (Å²) in [6.45, 7) is 34.0. The fourth-order valence-electron chi connectivity index (χ4n) is 13.3. The van der Waals surface area contributed by atoms with E-state index in [-0.39, 0.29) is 0 Å². The first kappa shape index (κ1) is 83.5. The smallest absolute Gasteiger partial charge is 0.0623 e. The van der Waals surface area contributed by atoms with Gasteiger partial charge < -0.3 is 66.2 Å². The summed E-state index contributed by atoms with van der Waals surface area (Å²) in [5, 5.41) is 27.5. The summed E-state index contributed by atoms with van der Waals surface area (Å²) < 4.78 is 26.9. The number of hydrogen-bond acceptors (Lipinski definition) is 14. The highest BCUT2D eigenvalue weighted by Crippen LogP contribution is 2.20. The Morgan fingerprint density at radius 2 is 0.851 bits per heavy atom. The molecule has 94 heavy (non-hydrogen) atoms. The highest BCUT2D eigenvalue weighted by atomic mass is 16.5. The molecular formula is C80H145N9O5. The van der Waals surface area contributed by atoms with E-state index in [0.717, 1.165) is 77.4 Å². The normalized spacial score (nSPS) is 23.5. The standard InChI is InChI=1S/C14H21N.C13H27NO.C12H17N.C11H16N2.C9H19NO.C8H17NO.C7H15NO.C6H13NO/c1-11-5-3-6-12(2)14(11)9-8-13-7-4-10-15-13;1-2-3-4-5-6-7-11-15-12-13-9-8-10-14-13;1-2-5-11(6-3-1)8-9-12-7-4-10-13-12;1-2-8-12-10(4-1)6-7-11-5-3-9-13-11;1-8(2)6-11-7-9-4-3-5-10-9;1-7(2)10-6-8-4-3-5-9-8;1-2-9-6-7-4-3-5-8-7;1-8-5-6-3-2-4-7-6/h3,5-6,13,15H,4,7-10H2,1-2H3;13-14H,2-12H2,1H3;1-3,5-6,12-13H,4,7-10H2;1-2,4,8,11,13H,3,5-7,9H2;8-10H,3-7H2,1-2H3;7-9H,3-6H2,1-2H3;7-8H,2-6H2,1H3;6-7H,2-5H2,1H3/t2*13-;12-;11-;9-;8-;7-;6-/m00000000/s1. The Hall–Kier alpha value is -2.93. The lowest BCUT2D eigenvalue weighted by atomic mass is 9.96. The van der Waals surface area contributed by atoms with Gasteiger partial charge in [0.25, 0.3) is 0 Å². The Labute approximate surface area is 577 Å². The summed E-state index contributed by atoms with van der Waals surface area (Å²) in [7, 11) is 1.75. The minimum Gasteiger partial charge on any atom is -0.383 e. The molecule has 14 heteroatoms. The average Bonchev–Trinajstić information content (AvgIpc) is 1.59. The first-order valence-electron chi connectivity index (χ1n) is 38.7. The number of benzene rings is 2. The number of unbranched alkanes of at least 4 members (excludes halogenated alkanes) is 5. The minimum atomic E-state index is 0.377. The third-order valence-electron chi connectivity index (χ3n) is 19.0. The second-order valence-electron chi connectivity index (χ2n) is 28.4. The fourth-order valence-corrected chi connectivity index (χ4v) is 13.3. The Balaban J connectivity index is 0.000000231. The first-order chi connectivity index (χ1) is 46.0. The van der Waals surface area contributed by atoms with Gasteiger partial charge in [-0.15, -0.1) is 0 Å². The molecule has 8 aliphatic heterocycles. The van der Waals surface area contributed by atoms with Gasteiger partial charge in [0.15, 0.2) is 0 Å². The van der Waals surface area contributed by atoms with Crippen molar-refractivity contribution in [3.8, 4) is 0 Å². The Morgan fingerprint density at radius 3 is 1.29 bits per heavy atom. The van der Waals surface area contributed by atoms with Gasteiger partial charge in [-0.05, 0) is 275 Å². The van der Waals surface area contributed by atoms with Crippen LogP contribution in [0.1, 0.15) is 230 Å². The summed E-state index contributed by atoms with van der Waals surface area (Å²) in [5.41, 5.74) is 7.15. The van der Waals surface area contributed by atoms with E-state index in [4.69, 9.17) is 23.7 Å². The van der Waals surface area contributed by atoms with Gasteiger partial charge in [-0.1, -0.05) is 107 Å². The first-order valence-corrected chi connectivity index (χ1v) is 38.7. The number of ether oxygens (including phenoxy) is 5. The van der Waals surface area contributed by atoms with Crippen LogP contribution in [0.4, 0.5) is 0 Å². The van der Waals surface area contributed by atoms with Crippen molar-refractivity contribution in [3.63, 3.8) is 0 Å². The Kier molecular flexibility index (Phi) is 50.5. The van der Waals surface area contributed by atoms with E-state index in [2.05, 4.69) is 157 Å². The maximum absolute atomic E-state index is 5.66. The lowest BCUT2D eigenvalue weighted by Crippen LogP contribution is -2.28. The van der Waals surface area contributed by atoms with Gasteiger partial charge in [-0.3, -0.25) is 4.98 Å². The number of methoxy groups -OCH3 is 1. The minimum absolute atomic E-state index is 0.377. The van der Waals surface area contributed by atoms with E-state index in [1.165, 1.54) is 248 Å². The molecule has 0 bridgehead atoms. The average molecular weight is 1310 g/mol. The summed E-state index contributed by atoms with van der Waals surface area (Å²) in [6.07, 6.45) is 38.9. The lowest BCUT2D eigenvalue weighted by Gasteiger charge is -2.13. The number of hydrogen-bond donors (Lipinski definition) is 8. The molecule has 0 amide bonds. The predicted molar refractivity (Wildman–Crippen MR) is 399 cm³/mol. The molecule has 14 nitrogen and oxygen atoms in total. The predicted octanol–water partition coefficient (Wildman–Crippen LogP) is 14.0. The fraction of sp³-hybridized carbons (Fsp3) is 0.787. The van der Waals surface area contributed by atoms with E-state index in [0.29, 0.717) is 42.2 Å². The van der Waals surface area contributed by atoms with E-state index in [9.17, 15) is 0 Å². The van der Waals surface area contributed by atoms with Crippen molar-refractivity contribution in [1.82, 2.24) is 47.5 Å². The van der Waals surface area contributed by atoms with Gasteiger partial charge in [-0.25, -0.2) is 0 Å². The molecule has 0 radical (unpaired) electrons. The van der Waals surface area contributed by atoms with Gasteiger partial charge in [0, 0.05) is 87.2 Å². The number of aryl methyl sites for hydroxylation is 4. The molecule has 2 aromatic carbocycles. The molecule has 9 heterocycles. The molecule has 540 valence electrons. The second-order valence-corrected chi connectivity index (χ2v) is 28.4. The molecule has 8 atom stereocenters. The Bertz CT molecular complexity index is 2020. The van der Waals surface area contributed by atoms with Crippen LogP contribution in [0.2, 0.25) is 0 Å². The highest BCUT2D eigenvalue weighted by molar-refractivity contribution is 5.33. The summed E-state index contributed by atoms with van der Waals surface area (Å²) >= 11 is 0. The third kappa shape index (κ3) is 43.5. The zero-order valence-corrected chi connectivity index (χ0v) is 61.8. The SMILES string of the molecule is CC(C)COC[C@@H]1CCCN1.CC(C)OC[C@@H]1CCCN1.CCCCCCCCOC[C@@H]1CCCN1.CCOC[C@@H]1CCCN1.COC[C@@H]1CCCN1.Cc1cccc(C)c1CC[C@@H]1CCCN1.c1ccc(CC[C@@H]2CCCN2)cc1.c1ccc(CC[C@@H]2CCCN2)nc1. The largest absolute Gasteiger partial charge is 0.383 e. The topological polar surface area (TPSA) is 155 Å². The van der Waals surface area contributed by atoms with Crippen molar-refractivity contribution in [2.75, 3.05) is 112 Å². The number of aromatic nitrogens is 1. The van der Waals surface area contributed by atoms with Crippen molar-refractivity contribution in [2.45, 2.75) is 290 Å². The van der Waals surface area contributed by atoms with Gasteiger partial charge in [-0.2, -0.15) is 0 Å². The molecule has 8 N–H and O–H groups in total. The number of pyridine rings is 1. The van der Waals surface area contributed by atoms with Crippen molar-refractivity contribution in [2.24, 2.45) is 5.92 Å². The van der Waals surface area contributed by atoms with Crippen LogP contribution in [-0.2, 0) is 42.9 Å². The summed E-state index contributed by atoms with van der Waals surface area (Å²) in [4.78, 5) is 4.31. The van der Waals surface area contributed by atoms with Crippen LogP contribution in [0.15, 0.2) is 72.9 Å². The maximum atomic E-state index is 5.66. The van der Waals surface area contributed by atoms with E-state index < -0.39 is 0 Å². The number of nitrogens with zero attached hydrogens (tertiary/aromatic N) is 1. The zero-order valence-electron chi connectivity index (χ0n) is 61.8. The second kappa shape index (κ2) is 56.9. The molecule has 3 aromatic rings. The van der Waals surface area contributed by atoms with Crippen LogP contribution >= 0.6 is 0 Å². The van der Waals surface area contributed by atoms with E-state index in [1.807, 2.05) is 19.2 Å². The molecule has 8 saturated heterocycles. The van der Waals surface area contributed by atoms with Crippen LogP contribution in [-0.4, -0.2) is 172 Å². The van der Waals surface area contributed by atoms with E-state index in [1.54, 1.807) is 12.7 Å². The maximum Gasteiger partial charge on any atom is 0.0623 e. The van der Waals surface area contributed by atoms with Gasteiger partial charge in [0.1, 0.15) is 0 Å². The van der Waals surface area contributed by atoms with Crippen LogP contribution in [0.3, 0.4) is 0 Å². The number of rotatable bonds is 30. The molecule has 0 saturated carbocycles. The summed E-state index contributed by atoms with van der Waals surface area (Å²) in [6, 6.07) is 29.0. The van der Waals surface area contributed by atoms with Crippen LogP contribution in [0.5, 0.6) is 0 Å². The summed E-state index contributed by atoms with van der Waals surface area (Å²) in [5.74, 6) is 0.663. The van der Waals surface area contributed by atoms with Crippen LogP contribution in [0.25, 0.3) is 0 Å². The molecule has 0 spiro atoms. The van der Waals surface area contributed by atoms with Crippen molar-refractivity contribution >= 4 is 0 Å². The van der Waals surface area contributed by atoms with Gasteiger partial charge >= 0.3 is 0 Å². The molecule has 0 aliphatic carbocycles. The molecule has 11 rings (SSSR count). The molecule has 8 fully saturated rings. The molecule has 0 unspecified atom stereocenters. The molecule has 8 aliphatic rings. The molecule has 1 aromatic heterocycles. The van der Waals surface area contributed by atoms with E-state index >= 15 is 0 Å². The van der Waals surface area contributed by atoms with Crippen molar-refractivity contribution in [1.29, 1.82) is 0 Å². The van der Waals surface area contributed by atoms with Gasteiger partial charge in [0.05, 0.1) is 39.1 Å². The molecular weight excluding hydrogens is 1170 g/mol. The lowest BCUT2D eigenvalue weighted by molar-refractivity contribution is 0.0649. The highest BCUT2D eigenvalue weighted by Gasteiger charge is 2.19. The van der Waals surface area contributed by atoms with Crippen LogP contribution in [0, 0.1) is 19.8 Å². The van der Waals surface area contributed by atoms with Gasteiger partial charge in [0.2, 0.25) is 0 Å². The van der Waals surface area contributed by atoms with Crippen molar-refractivity contribution in [3.05, 3.63) is 101 Å². The zero-order chi connectivity index (χ0) is 67.2. The third-order valence-corrected chi connectivity index (χ3v) is 19.0. The van der Waals surface area contributed by atoms with Crippen LogP contribution < -0.4 is 42.5 Å². The van der Waals surface area contributed by atoms with Crippen molar-refractivity contribution < 1.29 is 23.7 Å².